The lowest BCUT2D eigenvalue weighted by Crippen LogP contribution is -2.46. The van der Waals surface area contributed by atoms with Crippen LogP contribution in [0.15, 0.2) is 18.2 Å². The molecule has 1 saturated heterocycles. The molecule has 1 aliphatic heterocycles. The molecule has 2 rings (SSSR count). The van der Waals surface area contributed by atoms with E-state index < -0.39 is 0 Å². The summed E-state index contributed by atoms with van der Waals surface area (Å²) in [5, 5.41) is 3.53. The summed E-state index contributed by atoms with van der Waals surface area (Å²) in [6.07, 6.45) is 1.12. The number of rotatable bonds is 1. The fourth-order valence-electron chi connectivity index (χ4n) is 2.35. The van der Waals surface area contributed by atoms with Crippen molar-refractivity contribution in [3.63, 3.8) is 0 Å². The molecule has 3 heteroatoms. The van der Waals surface area contributed by atoms with Gasteiger partial charge in [0, 0.05) is 24.3 Å². The number of hydrogen-bond donors (Lipinski definition) is 1. The van der Waals surface area contributed by atoms with Gasteiger partial charge >= 0.3 is 0 Å². The molecule has 0 atom stereocenters. The van der Waals surface area contributed by atoms with Crippen LogP contribution in [0.3, 0.4) is 0 Å². The summed E-state index contributed by atoms with van der Waals surface area (Å²) in [6.45, 7) is 9.27. The van der Waals surface area contributed by atoms with Crippen molar-refractivity contribution in [2.45, 2.75) is 32.7 Å². The first kappa shape index (κ1) is 12.4. The van der Waals surface area contributed by atoms with E-state index in [0.29, 0.717) is 0 Å². The van der Waals surface area contributed by atoms with E-state index >= 15 is 0 Å². The molecule has 1 aromatic rings. The predicted molar refractivity (Wildman–Crippen MR) is 70.0 cm³/mol. The van der Waals surface area contributed by atoms with Crippen LogP contribution in [-0.2, 0) is 0 Å². The number of aryl methyl sites for hydroxylation is 1. The van der Waals surface area contributed by atoms with Crippen LogP contribution in [0, 0.1) is 12.7 Å². The van der Waals surface area contributed by atoms with Gasteiger partial charge in [-0.3, -0.25) is 0 Å². The fraction of sp³-hybridized carbons (Fsp3) is 0.571. The van der Waals surface area contributed by atoms with Crippen LogP contribution in [0.2, 0.25) is 0 Å². The maximum absolute atomic E-state index is 13.3. The Morgan fingerprint density at radius 1 is 1.35 bits per heavy atom. The van der Waals surface area contributed by atoms with E-state index in [1.54, 1.807) is 6.07 Å². The number of halogens is 1. The highest BCUT2D eigenvalue weighted by molar-refractivity contribution is 5.49. The van der Waals surface area contributed by atoms with Crippen molar-refractivity contribution < 1.29 is 4.39 Å². The Bertz CT molecular complexity index is 401. The summed E-state index contributed by atoms with van der Waals surface area (Å²) in [5.74, 6) is -0.124. The fourth-order valence-corrected chi connectivity index (χ4v) is 2.35. The second kappa shape index (κ2) is 4.65. The Morgan fingerprint density at radius 3 is 2.82 bits per heavy atom. The molecule has 0 aromatic heterocycles. The van der Waals surface area contributed by atoms with Crippen molar-refractivity contribution >= 4 is 5.69 Å². The van der Waals surface area contributed by atoms with Crippen LogP contribution in [0.5, 0.6) is 0 Å². The Morgan fingerprint density at radius 2 is 2.12 bits per heavy atom. The molecular formula is C14H21FN2. The average Bonchev–Trinajstić information content (AvgIpc) is 2.43. The van der Waals surface area contributed by atoms with Gasteiger partial charge in [-0.05, 0) is 57.5 Å². The van der Waals surface area contributed by atoms with Crippen molar-refractivity contribution in [3.8, 4) is 0 Å². The van der Waals surface area contributed by atoms with Crippen molar-refractivity contribution in [1.82, 2.24) is 5.32 Å². The van der Waals surface area contributed by atoms with Gasteiger partial charge in [0.1, 0.15) is 5.82 Å². The molecule has 0 aliphatic carbocycles. The smallest absolute Gasteiger partial charge is 0.126 e. The van der Waals surface area contributed by atoms with Crippen LogP contribution < -0.4 is 10.2 Å². The minimum atomic E-state index is -0.124. The summed E-state index contributed by atoms with van der Waals surface area (Å²) < 4.78 is 13.3. The molecule has 2 nitrogen and oxygen atoms in total. The number of anilines is 1. The first-order valence-electron chi connectivity index (χ1n) is 6.24. The molecule has 0 amide bonds. The Kier molecular flexibility index (Phi) is 3.38. The van der Waals surface area contributed by atoms with E-state index in [1.165, 1.54) is 0 Å². The summed E-state index contributed by atoms with van der Waals surface area (Å²) in [6, 6.07) is 5.39. The van der Waals surface area contributed by atoms with E-state index in [-0.39, 0.29) is 11.4 Å². The SMILES string of the molecule is Cc1cc(N2CCCNC(C)(C)C2)ccc1F. The maximum atomic E-state index is 13.3. The molecule has 0 spiro atoms. The number of benzene rings is 1. The number of nitrogens with one attached hydrogen (secondary N) is 1. The first-order valence-corrected chi connectivity index (χ1v) is 6.24. The zero-order chi connectivity index (χ0) is 12.5. The highest BCUT2D eigenvalue weighted by atomic mass is 19.1. The average molecular weight is 236 g/mol. The topological polar surface area (TPSA) is 15.3 Å². The third-order valence-electron chi connectivity index (χ3n) is 3.30. The summed E-state index contributed by atoms with van der Waals surface area (Å²) in [7, 11) is 0. The molecule has 0 unspecified atom stereocenters. The molecule has 0 saturated carbocycles. The molecule has 0 radical (unpaired) electrons. The van der Waals surface area contributed by atoms with Gasteiger partial charge in [0.05, 0.1) is 0 Å². The van der Waals surface area contributed by atoms with Crippen LogP contribution in [-0.4, -0.2) is 25.2 Å². The Hall–Kier alpha value is -1.09. The molecule has 1 aliphatic rings. The lowest BCUT2D eigenvalue weighted by molar-refractivity contribution is 0.416. The first-order chi connectivity index (χ1) is 7.98. The summed E-state index contributed by atoms with van der Waals surface area (Å²) >= 11 is 0. The zero-order valence-corrected chi connectivity index (χ0v) is 10.9. The lowest BCUT2D eigenvalue weighted by atomic mass is 10.1. The minimum absolute atomic E-state index is 0.110. The molecule has 0 bridgehead atoms. The van der Waals surface area contributed by atoms with Crippen molar-refractivity contribution in [2.75, 3.05) is 24.5 Å². The van der Waals surface area contributed by atoms with Gasteiger partial charge in [0.25, 0.3) is 0 Å². The monoisotopic (exact) mass is 236 g/mol. The molecule has 1 heterocycles. The normalized spacial score (nSPS) is 20.1. The largest absolute Gasteiger partial charge is 0.370 e. The van der Waals surface area contributed by atoms with Crippen LogP contribution >= 0.6 is 0 Å². The zero-order valence-electron chi connectivity index (χ0n) is 10.9. The van der Waals surface area contributed by atoms with Gasteiger partial charge < -0.3 is 10.2 Å². The van der Waals surface area contributed by atoms with Gasteiger partial charge in [0.2, 0.25) is 0 Å². The molecule has 94 valence electrons. The molecule has 1 aromatic carbocycles. The quantitative estimate of drug-likeness (QED) is 0.806. The number of hydrogen-bond acceptors (Lipinski definition) is 2. The summed E-state index contributed by atoms with van der Waals surface area (Å²) in [4.78, 5) is 2.34. The number of nitrogens with zero attached hydrogens (tertiary/aromatic N) is 1. The lowest BCUT2D eigenvalue weighted by Gasteiger charge is -2.31. The minimum Gasteiger partial charge on any atom is -0.370 e. The standard InChI is InChI=1S/C14H21FN2/c1-11-9-12(5-6-13(11)15)17-8-4-7-16-14(2,3)10-17/h5-6,9,16H,4,7-8,10H2,1-3H3. The van der Waals surface area contributed by atoms with E-state index in [4.69, 9.17) is 0 Å². The predicted octanol–water partition coefficient (Wildman–Crippen LogP) is 2.71. The second-order valence-corrected chi connectivity index (χ2v) is 5.52. The van der Waals surface area contributed by atoms with Gasteiger partial charge in [-0.1, -0.05) is 0 Å². The Labute approximate surface area is 103 Å². The van der Waals surface area contributed by atoms with Crippen molar-refractivity contribution in [1.29, 1.82) is 0 Å². The maximum Gasteiger partial charge on any atom is 0.126 e. The highest BCUT2D eigenvalue weighted by Crippen LogP contribution is 2.22. The van der Waals surface area contributed by atoms with Crippen LogP contribution in [0.25, 0.3) is 0 Å². The van der Waals surface area contributed by atoms with Gasteiger partial charge in [-0.25, -0.2) is 4.39 Å². The van der Waals surface area contributed by atoms with E-state index in [1.807, 2.05) is 19.1 Å². The highest BCUT2D eigenvalue weighted by Gasteiger charge is 2.24. The van der Waals surface area contributed by atoms with Crippen LogP contribution in [0.4, 0.5) is 10.1 Å². The Balaban J connectivity index is 2.22. The van der Waals surface area contributed by atoms with E-state index in [9.17, 15) is 4.39 Å². The molecular weight excluding hydrogens is 215 g/mol. The third-order valence-corrected chi connectivity index (χ3v) is 3.30. The van der Waals surface area contributed by atoms with E-state index in [0.717, 1.165) is 37.3 Å². The summed E-state index contributed by atoms with van der Waals surface area (Å²) in [5.41, 5.74) is 1.96. The van der Waals surface area contributed by atoms with Gasteiger partial charge in [-0.2, -0.15) is 0 Å². The molecule has 17 heavy (non-hydrogen) atoms. The van der Waals surface area contributed by atoms with E-state index in [2.05, 4.69) is 24.1 Å². The molecule has 1 N–H and O–H groups in total. The van der Waals surface area contributed by atoms with Crippen LogP contribution in [0.1, 0.15) is 25.8 Å². The third kappa shape index (κ3) is 2.97. The molecule has 1 fully saturated rings. The van der Waals surface area contributed by atoms with Gasteiger partial charge in [0.15, 0.2) is 0 Å². The van der Waals surface area contributed by atoms with Crippen molar-refractivity contribution in [3.05, 3.63) is 29.6 Å². The van der Waals surface area contributed by atoms with Crippen molar-refractivity contribution in [2.24, 2.45) is 0 Å². The second-order valence-electron chi connectivity index (χ2n) is 5.52. The van der Waals surface area contributed by atoms with Gasteiger partial charge in [-0.15, -0.1) is 0 Å².